The van der Waals surface area contributed by atoms with E-state index in [2.05, 4.69) is 38.0 Å². The van der Waals surface area contributed by atoms with E-state index in [-0.39, 0.29) is 24.0 Å². The van der Waals surface area contributed by atoms with E-state index in [9.17, 15) is 0 Å². The average molecular weight is 391 g/mol. The maximum atomic E-state index is 4.94. The highest BCUT2D eigenvalue weighted by Crippen LogP contribution is 2.56. The molecule has 0 heterocycles. The van der Waals surface area contributed by atoms with Crippen molar-refractivity contribution in [2.75, 3.05) is 34.7 Å². The molecule has 0 aromatic rings. The molecule has 0 N–H and O–H groups in total. The predicted octanol–water partition coefficient (Wildman–Crippen LogP) is 3.16. The van der Waals surface area contributed by atoms with Gasteiger partial charge in [0.1, 0.15) is 0 Å². The summed E-state index contributed by atoms with van der Waals surface area (Å²) < 4.78 is 0. The third kappa shape index (κ3) is 3.09. The number of hydrogen-bond donors (Lipinski definition) is 0. The highest BCUT2D eigenvalue weighted by Gasteiger charge is 2.47. The lowest BCUT2D eigenvalue weighted by atomic mass is 9.52. The van der Waals surface area contributed by atoms with E-state index >= 15 is 0 Å². The van der Waals surface area contributed by atoms with Gasteiger partial charge in [-0.05, 0) is 61.7 Å². The zero-order valence-corrected chi connectivity index (χ0v) is 15.7. The maximum absolute atomic E-state index is 4.94. The molecule has 4 rings (SSSR count). The van der Waals surface area contributed by atoms with Crippen molar-refractivity contribution in [2.45, 2.75) is 32.1 Å². The maximum Gasteiger partial charge on any atom is 0.195 e. The van der Waals surface area contributed by atoms with Crippen LogP contribution in [0, 0.1) is 29.6 Å². The van der Waals surface area contributed by atoms with Crippen LogP contribution in [0.1, 0.15) is 32.1 Å². The molecule has 0 atom stereocenters. The lowest BCUT2D eigenvalue weighted by molar-refractivity contribution is -0.0321. The number of aliphatic imine (C=N–C) groups is 1. The molecule has 4 saturated carbocycles. The third-order valence-corrected chi connectivity index (χ3v) is 5.67. The molecule has 4 bridgehead atoms. The van der Waals surface area contributed by atoms with Gasteiger partial charge in [-0.25, -0.2) is 0 Å². The third-order valence-electron chi connectivity index (χ3n) is 5.67. The van der Waals surface area contributed by atoms with Crippen molar-refractivity contribution in [2.24, 2.45) is 34.6 Å². The molecule has 0 aromatic heterocycles. The van der Waals surface area contributed by atoms with Gasteiger partial charge in [0, 0.05) is 34.7 Å². The van der Waals surface area contributed by atoms with E-state index in [4.69, 9.17) is 4.99 Å². The normalized spacial score (nSPS) is 37.3. The summed E-state index contributed by atoms with van der Waals surface area (Å²) in [5.74, 6) is 6.13. The van der Waals surface area contributed by atoms with E-state index < -0.39 is 0 Å². The first kappa shape index (κ1) is 16.4. The van der Waals surface area contributed by atoms with E-state index in [0.29, 0.717) is 0 Å². The summed E-state index contributed by atoms with van der Waals surface area (Å²) in [5.41, 5.74) is 0. The zero-order chi connectivity index (χ0) is 13.6. The summed E-state index contributed by atoms with van der Waals surface area (Å²) in [6.45, 7) is 1.06. The Morgan fingerprint density at radius 3 is 1.70 bits per heavy atom. The molecule has 3 nitrogen and oxygen atoms in total. The van der Waals surface area contributed by atoms with Crippen LogP contribution >= 0.6 is 24.0 Å². The van der Waals surface area contributed by atoms with Gasteiger partial charge in [0.15, 0.2) is 5.96 Å². The van der Waals surface area contributed by atoms with Gasteiger partial charge in [0.25, 0.3) is 0 Å². The van der Waals surface area contributed by atoms with Gasteiger partial charge in [-0.15, -0.1) is 24.0 Å². The van der Waals surface area contributed by atoms with Gasteiger partial charge < -0.3 is 9.80 Å². The summed E-state index contributed by atoms with van der Waals surface area (Å²) >= 11 is 0. The van der Waals surface area contributed by atoms with Crippen molar-refractivity contribution >= 4 is 29.9 Å². The van der Waals surface area contributed by atoms with Gasteiger partial charge >= 0.3 is 0 Å². The molecule has 20 heavy (non-hydrogen) atoms. The van der Waals surface area contributed by atoms with Crippen molar-refractivity contribution < 1.29 is 0 Å². The van der Waals surface area contributed by atoms with Crippen LogP contribution in [0.4, 0.5) is 0 Å². The minimum atomic E-state index is 0. The fourth-order valence-corrected chi connectivity index (χ4v) is 5.21. The van der Waals surface area contributed by atoms with Crippen molar-refractivity contribution in [3.05, 3.63) is 0 Å². The van der Waals surface area contributed by atoms with Crippen LogP contribution in [0.5, 0.6) is 0 Å². The van der Waals surface area contributed by atoms with Crippen molar-refractivity contribution in [1.29, 1.82) is 0 Å². The van der Waals surface area contributed by atoms with E-state index in [1.54, 1.807) is 6.42 Å². The van der Waals surface area contributed by atoms with E-state index in [1.165, 1.54) is 25.7 Å². The Labute approximate surface area is 141 Å². The molecule has 116 valence electrons. The minimum absolute atomic E-state index is 0. The number of halogens is 1. The van der Waals surface area contributed by atoms with Gasteiger partial charge in [-0.3, -0.25) is 4.99 Å². The Morgan fingerprint density at radius 1 is 0.850 bits per heavy atom. The first-order valence-electron chi connectivity index (χ1n) is 7.93. The molecule has 4 aliphatic rings. The summed E-state index contributed by atoms with van der Waals surface area (Å²) in [4.78, 5) is 9.21. The molecule has 0 saturated heterocycles. The van der Waals surface area contributed by atoms with Crippen LogP contribution in [0.15, 0.2) is 4.99 Å². The van der Waals surface area contributed by atoms with Crippen molar-refractivity contribution in [1.82, 2.24) is 9.80 Å². The Bertz CT molecular complexity index is 327. The van der Waals surface area contributed by atoms with Gasteiger partial charge in [0.2, 0.25) is 0 Å². The van der Waals surface area contributed by atoms with Gasteiger partial charge in [-0.1, -0.05) is 0 Å². The summed E-state index contributed by atoms with van der Waals surface area (Å²) in [5, 5.41) is 0. The minimum Gasteiger partial charge on any atom is -0.349 e. The SMILES string of the molecule is CN(C)C(=NCC1C2CC3CC(C2)CC1C3)N(C)C.I. The molecule has 0 unspecified atom stereocenters. The fraction of sp³-hybridized carbons (Fsp3) is 0.938. The Morgan fingerprint density at radius 2 is 1.30 bits per heavy atom. The second kappa shape index (κ2) is 6.41. The molecule has 4 heteroatoms. The highest BCUT2D eigenvalue weighted by molar-refractivity contribution is 14.0. The topological polar surface area (TPSA) is 18.8 Å². The average Bonchev–Trinajstić information content (AvgIpc) is 2.30. The second-order valence-corrected chi connectivity index (χ2v) is 7.52. The van der Waals surface area contributed by atoms with Gasteiger partial charge in [-0.2, -0.15) is 0 Å². The number of nitrogens with zero attached hydrogens (tertiary/aromatic N) is 3. The van der Waals surface area contributed by atoms with Crippen LogP contribution in [0.25, 0.3) is 0 Å². The second-order valence-electron chi connectivity index (χ2n) is 7.52. The summed E-state index contributed by atoms with van der Waals surface area (Å²) in [7, 11) is 8.37. The molecule has 0 spiro atoms. The Balaban J connectivity index is 0.00000147. The largest absolute Gasteiger partial charge is 0.349 e. The van der Waals surface area contributed by atoms with Crippen LogP contribution in [0.3, 0.4) is 0 Å². The Kier molecular flexibility index (Phi) is 5.24. The molecule has 0 amide bonds. The van der Waals surface area contributed by atoms with Gasteiger partial charge in [0.05, 0.1) is 0 Å². The lowest BCUT2D eigenvalue weighted by Gasteiger charge is -2.54. The fourth-order valence-electron chi connectivity index (χ4n) is 5.21. The monoisotopic (exact) mass is 391 g/mol. The van der Waals surface area contributed by atoms with Crippen LogP contribution in [-0.2, 0) is 0 Å². The Hall–Kier alpha value is 0. The number of guanidine groups is 1. The van der Waals surface area contributed by atoms with Crippen molar-refractivity contribution in [3.63, 3.8) is 0 Å². The predicted molar refractivity (Wildman–Crippen MR) is 95.6 cm³/mol. The quantitative estimate of drug-likeness (QED) is 0.409. The first-order chi connectivity index (χ1) is 9.04. The molecule has 4 fully saturated rings. The van der Waals surface area contributed by atoms with Crippen LogP contribution < -0.4 is 0 Å². The smallest absolute Gasteiger partial charge is 0.195 e. The van der Waals surface area contributed by atoms with E-state index in [0.717, 1.165) is 42.1 Å². The summed E-state index contributed by atoms with van der Waals surface area (Å²) in [6, 6.07) is 0. The van der Waals surface area contributed by atoms with Crippen LogP contribution in [-0.4, -0.2) is 50.5 Å². The highest BCUT2D eigenvalue weighted by atomic mass is 127. The van der Waals surface area contributed by atoms with Crippen LogP contribution in [0.2, 0.25) is 0 Å². The molecule has 0 aliphatic heterocycles. The zero-order valence-electron chi connectivity index (χ0n) is 13.4. The molecular formula is C16H30IN3. The molecule has 0 radical (unpaired) electrons. The molecule has 4 aliphatic carbocycles. The first-order valence-corrected chi connectivity index (χ1v) is 7.93. The number of hydrogen-bond acceptors (Lipinski definition) is 1. The van der Waals surface area contributed by atoms with E-state index in [1.807, 2.05) is 0 Å². The van der Waals surface area contributed by atoms with Crippen molar-refractivity contribution in [3.8, 4) is 0 Å². The lowest BCUT2D eigenvalue weighted by Crippen LogP contribution is -2.46. The standard InChI is InChI=1S/C16H29N3.HI/c1-18(2)16(19(3)4)17-10-15-13-6-11-5-12(8-13)9-14(15)7-11;/h11-15H,5-10H2,1-4H3;1H. The number of rotatable bonds is 2. The molecule has 0 aromatic carbocycles. The molecular weight excluding hydrogens is 361 g/mol. The summed E-state index contributed by atoms with van der Waals surface area (Å²) in [6.07, 6.45) is 7.57.